The largest absolute Gasteiger partial charge is 0.479 e. The Kier molecular flexibility index (Phi) is 5.30. The van der Waals surface area contributed by atoms with E-state index < -0.39 is 28.1 Å². The monoisotopic (exact) mass is 343 g/mol. The second kappa shape index (κ2) is 6.22. The van der Waals surface area contributed by atoms with Crippen LogP contribution in [0.2, 0.25) is 0 Å². The highest BCUT2D eigenvalue weighted by Gasteiger charge is 2.32. The van der Waals surface area contributed by atoms with Crippen LogP contribution in [0.5, 0.6) is 0 Å². The van der Waals surface area contributed by atoms with Crippen LogP contribution in [0, 0.1) is 13.8 Å². The molecule has 0 aliphatic carbocycles. The van der Waals surface area contributed by atoms with Crippen LogP contribution >= 0.6 is 0 Å². The van der Waals surface area contributed by atoms with Gasteiger partial charge in [0.05, 0.1) is 11.4 Å². The Morgan fingerprint density at radius 3 is 1.91 bits per heavy atom. The molecule has 0 heterocycles. The standard InChI is InChI=1S/C16H25NO5S/c1-10-7-12(15(3,4)5)8-11(2)13(10)23(21,22)17-9-16(6,20)14(18)19/h7-8,17,20H,9H2,1-6H3,(H,18,19). The second-order valence-electron chi connectivity index (χ2n) is 7.09. The molecule has 0 aliphatic heterocycles. The maximum absolute atomic E-state index is 12.5. The number of carboxylic acids is 1. The molecule has 130 valence electrons. The van der Waals surface area contributed by atoms with E-state index in [0.717, 1.165) is 12.5 Å². The van der Waals surface area contributed by atoms with Gasteiger partial charge in [0.15, 0.2) is 5.60 Å². The van der Waals surface area contributed by atoms with Crippen molar-refractivity contribution in [1.29, 1.82) is 0 Å². The molecule has 0 radical (unpaired) electrons. The van der Waals surface area contributed by atoms with Crippen molar-refractivity contribution in [2.24, 2.45) is 0 Å². The van der Waals surface area contributed by atoms with Crippen LogP contribution < -0.4 is 4.72 Å². The first-order valence-corrected chi connectivity index (χ1v) is 8.74. The van der Waals surface area contributed by atoms with Gasteiger partial charge in [-0.25, -0.2) is 17.9 Å². The van der Waals surface area contributed by atoms with E-state index in [0.29, 0.717) is 11.1 Å². The van der Waals surface area contributed by atoms with Crippen LogP contribution in [0.15, 0.2) is 17.0 Å². The van der Waals surface area contributed by atoms with E-state index >= 15 is 0 Å². The van der Waals surface area contributed by atoms with E-state index in [1.54, 1.807) is 13.8 Å². The third kappa shape index (κ3) is 4.53. The normalized spacial score (nSPS) is 15.3. The first kappa shape index (κ1) is 19.6. The molecule has 1 aromatic rings. The second-order valence-corrected chi connectivity index (χ2v) is 8.80. The smallest absolute Gasteiger partial charge is 0.336 e. The summed E-state index contributed by atoms with van der Waals surface area (Å²) in [5.74, 6) is -1.49. The van der Waals surface area contributed by atoms with Crippen LogP contribution in [-0.2, 0) is 20.2 Å². The Labute approximate surface area is 137 Å². The fourth-order valence-electron chi connectivity index (χ4n) is 2.19. The van der Waals surface area contributed by atoms with E-state index in [1.807, 2.05) is 32.9 Å². The molecule has 0 bridgehead atoms. The van der Waals surface area contributed by atoms with Gasteiger partial charge in [0.1, 0.15) is 0 Å². The number of carbonyl (C=O) groups is 1. The van der Waals surface area contributed by atoms with E-state index in [4.69, 9.17) is 5.11 Å². The number of aliphatic carboxylic acids is 1. The molecule has 0 aromatic heterocycles. The highest BCUT2D eigenvalue weighted by Crippen LogP contribution is 2.29. The molecule has 6 nitrogen and oxygen atoms in total. The van der Waals surface area contributed by atoms with Gasteiger partial charge in [0, 0.05) is 0 Å². The fourth-order valence-corrected chi connectivity index (χ4v) is 3.77. The lowest BCUT2D eigenvalue weighted by Crippen LogP contribution is -2.46. The highest BCUT2D eigenvalue weighted by atomic mass is 32.2. The third-order valence-corrected chi connectivity index (χ3v) is 5.37. The van der Waals surface area contributed by atoms with Gasteiger partial charge >= 0.3 is 5.97 Å². The maximum Gasteiger partial charge on any atom is 0.336 e. The lowest BCUT2D eigenvalue weighted by atomic mass is 9.85. The Balaban J connectivity index is 3.23. The number of carboxylic acid groups (broad SMARTS) is 1. The number of aliphatic hydroxyl groups is 1. The van der Waals surface area contributed by atoms with Crippen molar-refractivity contribution in [2.45, 2.75) is 57.5 Å². The fraction of sp³-hybridized carbons (Fsp3) is 0.562. The third-order valence-electron chi connectivity index (χ3n) is 3.66. The molecule has 1 unspecified atom stereocenters. The molecule has 0 amide bonds. The molecule has 1 aromatic carbocycles. The molecular weight excluding hydrogens is 318 g/mol. The minimum atomic E-state index is -3.92. The van der Waals surface area contributed by atoms with Crippen molar-refractivity contribution in [1.82, 2.24) is 4.72 Å². The Morgan fingerprint density at radius 1 is 1.13 bits per heavy atom. The minimum absolute atomic E-state index is 0.113. The van der Waals surface area contributed by atoms with Gasteiger partial charge in [-0.3, -0.25) is 0 Å². The van der Waals surface area contributed by atoms with Gasteiger partial charge in [0.2, 0.25) is 10.0 Å². The zero-order valence-corrected chi connectivity index (χ0v) is 15.2. The summed E-state index contributed by atoms with van der Waals surface area (Å²) in [5, 5.41) is 18.5. The number of sulfonamides is 1. The van der Waals surface area contributed by atoms with Gasteiger partial charge in [-0.1, -0.05) is 32.9 Å². The summed E-state index contributed by atoms with van der Waals surface area (Å²) >= 11 is 0. The van der Waals surface area contributed by atoms with Crippen LogP contribution in [0.4, 0.5) is 0 Å². The van der Waals surface area contributed by atoms with Crippen molar-refractivity contribution in [3.8, 4) is 0 Å². The topological polar surface area (TPSA) is 104 Å². The predicted octanol–water partition coefficient (Wildman–Crippen LogP) is 1.71. The van der Waals surface area contributed by atoms with E-state index in [9.17, 15) is 18.3 Å². The summed E-state index contributed by atoms with van der Waals surface area (Å²) in [6.07, 6.45) is 0. The Hall–Kier alpha value is -1.44. The number of benzene rings is 1. The average molecular weight is 343 g/mol. The van der Waals surface area contributed by atoms with E-state index in [1.165, 1.54) is 0 Å². The zero-order valence-electron chi connectivity index (χ0n) is 14.4. The van der Waals surface area contributed by atoms with Crippen LogP contribution in [0.3, 0.4) is 0 Å². The lowest BCUT2D eigenvalue weighted by molar-refractivity contribution is -0.155. The average Bonchev–Trinajstić information content (AvgIpc) is 2.34. The van der Waals surface area contributed by atoms with Crippen LogP contribution in [0.25, 0.3) is 0 Å². The molecular formula is C16H25NO5S. The molecule has 0 saturated carbocycles. The zero-order chi connectivity index (χ0) is 18.2. The van der Waals surface area contributed by atoms with Crippen molar-refractivity contribution in [3.63, 3.8) is 0 Å². The van der Waals surface area contributed by atoms with Crippen molar-refractivity contribution >= 4 is 16.0 Å². The summed E-state index contributed by atoms with van der Waals surface area (Å²) in [6.45, 7) is 9.95. The number of nitrogens with one attached hydrogen (secondary N) is 1. The molecule has 3 N–H and O–H groups in total. The van der Waals surface area contributed by atoms with Gasteiger partial charge in [0.25, 0.3) is 0 Å². The molecule has 1 atom stereocenters. The highest BCUT2D eigenvalue weighted by molar-refractivity contribution is 7.89. The summed E-state index contributed by atoms with van der Waals surface area (Å²) in [6, 6.07) is 3.63. The Morgan fingerprint density at radius 2 is 1.57 bits per heavy atom. The summed E-state index contributed by atoms with van der Waals surface area (Å²) in [5.41, 5.74) is -0.0999. The number of hydrogen-bond donors (Lipinski definition) is 3. The van der Waals surface area contributed by atoms with Gasteiger partial charge in [-0.05, 0) is 42.9 Å². The maximum atomic E-state index is 12.5. The lowest BCUT2D eigenvalue weighted by Gasteiger charge is -2.23. The molecule has 0 saturated heterocycles. The molecule has 0 aliphatic rings. The van der Waals surface area contributed by atoms with E-state index in [2.05, 4.69) is 4.72 Å². The first-order chi connectivity index (χ1) is 10.2. The predicted molar refractivity (Wildman–Crippen MR) is 88.1 cm³/mol. The molecule has 0 fully saturated rings. The number of aryl methyl sites for hydroxylation is 2. The van der Waals surface area contributed by atoms with Crippen molar-refractivity contribution < 1.29 is 23.4 Å². The van der Waals surface area contributed by atoms with Gasteiger partial charge in [-0.2, -0.15) is 0 Å². The SMILES string of the molecule is Cc1cc(C(C)(C)C)cc(C)c1S(=O)(=O)NCC(C)(O)C(=O)O. The molecule has 23 heavy (non-hydrogen) atoms. The summed E-state index contributed by atoms with van der Waals surface area (Å²) in [4.78, 5) is 11.0. The summed E-state index contributed by atoms with van der Waals surface area (Å²) in [7, 11) is -3.92. The summed E-state index contributed by atoms with van der Waals surface area (Å²) < 4.78 is 27.2. The molecule has 7 heteroatoms. The minimum Gasteiger partial charge on any atom is -0.479 e. The quantitative estimate of drug-likeness (QED) is 0.755. The Bertz CT molecular complexity index is 691. The molecule has 0 spiro atoms. The van der Waals surface area contributed by atoms with E-state index in [-0.39, 0.29) is 10.3 Å². The van der Waals surface area contributed by atoms with Crippen LogP contribution in [0.1, 0.15) is 44.4 Å². The number of rotatable bonds is 5. The number of hydrogen-bond acceptors (Lipinski definition) is 4. The van der Waals surface area contributed by atoms with Crippen LogP contribution in [-0.4, -0.2) is 36.7 Å². The van der Waals surface area contributed by atoms with Gasteiger partial charge < -0.3 is 10.2 Å². The van der Waals surface area contributed by atoms with Crippen molar-refractivity contribution in [3.05, 3.63) is 28.8 Å². The first-order valence-electron chi connectivity index (χ1n) is 7.25. The van der Waals surface area contributed by atoms with Crippen molar-refractivity contribution in [2.75, 3.05) is 6.54 Å². The van der Waals surface area contributed by atoms with Gasteiger partial charge in [-0.15, -0.1) is 0 Å². The molecule has 1 rings (SSSR count).